The predicted octanol–water partition coefficient (Wildman–Crippen LogP) is 5.18. The molecule has 0 spiro atoms. The van der Waals surface area contributed by atoms with Gasteiger partial charge >= 0.3 is 5.97 Å². The van der Waals surface area contributed by atoms with Gasteiger partial charge in [-0.2, -0.15) is 0 Å². The van der Waals surface area contributed by atoms with Gasteiger partial charge in [0.1, 0.15) is 0 Å². The van der Waals surface area contributed by atoms with E-state index in [1.807, 2.05) is 48.5 Å². The minimum absolute atomic E-state index is 0.00391. The van der Waals surface area contributed by atoms with Crippen molar-refractivity contribution in [2.75, 3.05) is 25.0 Å². The molecule has 0 aliphatic carbocycles. The van der Waals surface area contributed by atoms with Gasteiger partial charge < -0.3 is 29.9 Å². The van der Waals surface area contributed by atoms with E-state index in [-0.39, 0.29) is 37.6 Å². The number of nitrogens with zero attached hydrogens (tertiary/aromatic N) is 1. The molecule has 0 saturated carbocycles. The smallest absolute Gasteiger partial charge is 0.303 e. The number of rotatable bonds is 10. The highest BCUT2D eigenvalue weighted by molar-refractivity contribution is 5.90. The average molecular weight is 525 g/mol. The summed E-state index contributed by atoms with van der Waals surface area (Å²) in [5, 5.41) is 21.1. The number of anilines is 1. The number of carboxylic acids is 1. The largest absolute Gasteiger partial charge is 0.481 e. The van der Waals surface area contributed by atoms with Crippen LogP contribution >= 0.6 is 0 Å². The van der Waals surface area contributed by atoms with E-state index in [1.165, 1.54) is 32.1 Å². The maximum absolute atomic E-state index is 12.3. The summed E-state index contributed by atoms with van der Waals surface area (Å²) in [6.07, 6.45) is 6.71. The first-order valence-corrected chi connectivity index (χ1v) is 13.8. The van der Waals surface area contributed by atoms with E-state index in [2.05, 4.69) is 10.2 Å². The Morgan fingerprint density at radius 1 is 0.921 bits per heavy atom. The number of carbonyl (C=O) groups is 2. The van der Waals surface area contributed by atoms with Crippen LogP contribution in [-0.2, 0) is 25.7 Å². The Kier molecular flexibility index (Phi) is 10.7. The zero-order valence-electron chi connectivity index (χ0n) is 22.0. The fourth-order valence-corrected chi connectivity index (χ4v) is 5.20. The molecular formula is C30H40N2O6. The number of likely N-dealkylation sites (tertiary alicyclic amines) is 1. The Hall–Kier alpha value is -2.78. The fourth-order valence-electron chi connectivity index (χ4n) is 5.20. The van der Waals surface area contributed by atoms with E-state index in [4.69, 9.17) is 14.6 Å². The van der Waals surface area contributed by atoms with Crippen LogP contribution in [0.1, 0.15) is 86.9 Å². The molecule has 2 aromatic carbocycles. The lowest BCUT2D eigenvalue weighted by atomic mass is 9.99. The third-order valence-electron chi connectivity index (χ3n) is 7.26. The highest BCUT2D eigenvalue weighted by Gasteiger charge is 2.33. The summed E-state index contributed by atoms with van der Waals surface area (Å²) in [5.74, 6) is -1.12. The molecule has 8 nitrogen and oxygen atoms in total. The highest BCUT2D eigenvalue weighted by atomic mass is 16.7. The van der Waals surface area contributed by atoms with Gasteiger partial charge in [0.25, 0.3) is 0 Å². The summed E-state index contributed by atoms with van der Waals surface area (Å²) in [6, 6.07) is 15.4. The van der Waals surface area contributed by atoms with Crippen LogP contribution in [0.5, 0.6) is 0 Å². The number of ether oxygens (including phenoxy) is 2. The number of hydrogen-bond acceptors (Lipinski definition) is 6. The molecule has 2 saturated heterocycles. The lowest BCUT2D eigenvalue weighted by Gasteiger charge is -2.39. The van der Waals surface area contributed by atoms with E-state index in [1.54, 1.807) is 0 Å². The molecule has 0 radical (unpaired) electrons. The first-order chi connectivity index (χ1) is 18.5. The zero-order valence-corrected chi connectivity index (χ0v) is 22.0. The first-order valence-electron chi connectivity index (χ1n) is 13.8. The van der Waals surface area contributed by atoms with Crippen LogP contribution in [0.4, 0.5) is 5.69 Å². The Morgan fingerprint density at radius 2 is 1.66 bits per heavy atom. The van der Waals surface area contributed by atoms with Gasteiger partial charge in [-0.15, -0.1) is 0 Å². The number of carbonyl (C=O) groups excluding carboxylic acids is 1. The molecule has 0 bridgehead atoms. The second-order valence-electron chi connectivity index (χ2n) is 10.3. The fraction of sp³-hybridized carbons (Fsp3) is 0.533. The predicted molar refractivity (Wildman–Crippen MR) is 145 cm³/mol. The summed E-state index contributed by atoms with van der Waals surface area (Å²) in [7, 11) is 0. The number of carboxylic acid groups (broad SMARTS) is 1. The number of aliphatic hydroxyl groups is 1. The molecule has 0 unspecified atom stereocenters. The molecule has 2 fully saturated rings. The number of nitrogens with one attached hydrogen (secondary N) is 1. The molecule has 0 aromatic heterocycles. The molecule has 2 aromatic rings. The zero-order chi connectivity index (χ0) is 26.7. The van der Waals surface area contributed by atoms with Crippen LogP contribution in [0, 0.1) is 0 Å². The second kappa shape index (κ2) is 14.4. The maximum Gasteiger partial charge on any atom is 0.303 e. The SMILES string of the molecule is O=C(O)CCCC(=O)Nc1cccc([C@H]2O[C@@H](CN3CCCCCCC3)C[C@@H](c3ccc(CO)cc3)O2)c1. The third-order valence-corrected chi connectivity index (χ3v) is 7.26. The molecule has 38 heavy (non-hydrogen) atoms. The molecule has 2 aliphatic heterocycles. The number of aliphatic hydroxyl groups excluding tert-OH is 1. The van der Waals surface area contributed by atoms with Crippen LogP contribution in [0.15, 0.2) is 48.5 Å². The Balaban J connectivity index is 1.48. The number of hydrogen-bond donors (Lipinski definition) is 3. The van der Waals surface area contributed by atoms with Crippen LogP contribution in [0.3, 0.4) is 0 Å². The van der Waals surface area contributed by atoms with Crippen molar-refractivity contribution in [2.24, 2.45) is 0 Å². The number of amides is 1. The average Bonchev–Trinajstić information content (AvgIpc) is 2.90. The van der Waals surface area contributed by atoms with Gasteiger partial charge in [-0.05, 0) is 55.6 Å². The van der Waals surface area contributed by atoms with Crippen LogP contribution in [-0.4, -0.2) is 52.7 Å². The van der Waals surface area contributed by atoms with Crippen molar-refractivity contribution >= 4 is 17.6 Å². The van der Waals surface area contributed by atoms with E-state index in [9.17, 15) is 14.7 Å². The quantitative estimate of drug-likeness (QED) is 0.393. The Bertz CT molecular complexity index is 1040. The first kappa shape index (κ1) is 28.2. The van der Waals surface area contributed by atoms with Crippen molar-refractivity contribution in [1.29, 1.82) is 0 Å². The second-order valence-corrected chi connectivity index (χ2v) is 10.3. The lowest BCUT2D eigenvalue weighted by molar-refractivity contribution is -0.253. The Labute approximate surface area is 224 Å². The lowest BCUT2D eigenvalue weighted by Crippen LogP contribution is -2.40. The van der Waals surface area contributed by atoms with Gasteiger partial charge in [-0.25, -0.2) is 0 Å². The van der Waals surface area contributed by atoms with E-state index < -0.39 is 12.3 Å². The van der Waals surface area contributed by atoms with Gasteiger partial charge in [-0.1, -0.05) is 55.7 Å². The minimum Gasteiger partial charge on any atom is -0.481 e. The van der Waals surface area contributed by atoms with Gasteiger partial charge in [0.2, 0.25) is 5.91 Å². The molecular weight excluding hydrogens is 484 g/mol. The standard InChI is InChI=1S/C30H40N2O6/c33-21-22-12-14-23(15-13-22)27-19-26(20-32-16-4-2-1-3-5-17-32)37-30(38-27)24-8-6-9-25(18-24)31-28(34)10-7-11-29(35)36/h6,8-9,12-15,18,26-27,30,33H,1-5,7,10-11,16-17,19-21H2,(H,31,34)(H,35,36)/t26-,27+,30+/m1/s1. The van der Waals surface area contributed by atoms with Crippen LogP contribution in [0.25, 0.3) is 0 Å². The van der Waals surface area contributed by atoms with Crippen molar-refractivity contribution < 1.29 is 29.3 Å². The molecule has 206 valence electrons. The molecule has 2 aliphatic rings. The van der Waals surface area contributed by atoms with Crippen molar-refractivity contribution in [3.8, 4) is 0 Å². The topological polar surface area (TPSA) is 108 Å². The summed E-state index contributed by atoms with van der Waals surface area (Å²) >= 11 is 0. The van der Waals surface area contributed by atoms with Gasteiger partial charge in [0.05, 0.1) is 18.8 Å². The van der Waals surface area contributed by atoms with Crippen molar-refractivity contribution in [3.63, 3.8) is 0 Å². The molecule has 3 atom stereocenters. The van der Waals surface area contributed by atoms with E-state index in [0.717, 1.165) is 42.7 Å². The van der Waals surface area contributed by atoms with Gasteiger partial charge in [0, 0.05) is 37.1 Å². The summed E-state index contributed by atoms with van der Waals surface area (Å²) < 4.78 is 13.0. The summed E-state index contributed by atoms with van der Waals surface area (Å²) in [4.78, 5) is 25.6. The van der Waals surface area contributed by atoms with Crippen LogP contribution in [0.2, 0.25) is 0 Å². The molecule has 2 heterocycles. The van der Waals surface area contributed by atoms with Crippen molar-refractivity contribution in [3.05, 3.63) is 65.2 Å². The van der Waals surface area contributed by atoms with Crippen molar-refractivity contribution in [1.82, 2.24) is 4.90 Å². The maximum atomic E-state index is 12.3. The van der Waals surface area contributed by atoms with Gasteiger partial charge in [0.15, 0.2) is 6.29 Å². The van der Waals surface area contributed by atoms with Crippen LogP contribution < -0.4 is 5.32 Å². The van der Waals surface area contributed by atoms with E-state index in [0.29, 0.717) is 12.1 Å². The summed E-state index contributed by atoms with van der Waals surface area (Å²) in [5.41, 5.74) is 3.37. The number of benzene rings is 2. The third kappa shape index (κ3) is 8.63. The number of aliphatic carboxylic acids is 1. The van der Waals surface area contributed by atoms with Gasteiger partial charge in [-0.3, -0.25) is 9.59 Å². The molecule has 1 amide bonds. The van der Waals surface area contributed by atoms with E-state index >= 15 is 0 Å². The Morgan fingerprint density at radius 3 is 2.37 bits per heavy atom. The molecule has 4 rings (SSSR count). The monoisotopic (exact) mass is 524 g/mol. The highest BCUT2D eigenvalue weighted by Crippen LogP contribution is 2.38. The molecule has 3 N–H and O–H groups in total. The molecule has 8 heteroatoms. The normalized spacial score (nSPS) is 22.8. The minimum atomic E-state index is -0.905. The summed E-state index contributed by atoms with van der Waals surface area (Å²) in [6.45, 7) is 3.03. The van der Waals surface area contributed by atoms with Crippen molar-refractivity contribution in [2.45, 2.75) is 82.9 Å².